The minimum atomic E-state index is -3.80. The first-order valence-electron chi connectivity index (χ1n) is 9.98. The first-order valence-corrected chi connectivity index (χ1v) is 13.6. The Labute approximate surface area is 180 Å². The lowest BCUT2D eigenvalue weighted by Crippen LogP contribution is -2.75. The van der Waals surface area contributed by atoms with Gasteiger partial charge in [-0.15, -0.1) is 0 Å². The van der Waals surface area contributed by atoms with E-state index in [0.717, 1.165) is 10.4 Å². The summed E-state index contributed by atoms with van der Waals surface area (Å²) in [7, 11) is -5.45. The number of benzene rings is 2. The first-order chi connectivity index (χ1) is 14.1. The summed E-state index contributed by atoms with van der Waals surface area (Å²) in [5, 5.41) is 11.9. The van der Waals surface area contributed by atoms with Crippen molar-refractivity contribution in [2.24, 2.45) is 5.41 Å². The van der Waals surface area contributed by atoms with Crippen molar-refractivity contribution in [3.05, 3.63) is 60.7 Å². The van der Waals surface area contributed by atoms with E-state index in [-0.39, 0.29) is 24.0 Å². The Balaban J connectivity index is 2.12. The van der Waals surface area contributed by atoms with Crippen molar-refractivity contribution < 1.29 is 23.0 Å². The van der Waals surface area contributed by atoms with Crippen LogP contribution in [0.3, 0.4) is 0 Å². The number of aliphatic hydroxyl groups is 1. The molecular weight excluding hydrogens is 418 g/mol. The first kappa shape index (κ1) is 23.1. The standard InChI is InChI=1S/C22H31NO5SSi/c1-21(2,3)30(18-11-7-5-8-12-18,19-13-9-6-10-14-19)23-29(25,26)17-22(15-28-16-22)20(24)27-4/h5-14,20,23-24H,15-17H2,1-4H3. The predicted molar refractivity (Wildman–Crippen MR) is 121 cm³/mol. The summed E-state index contributed by atoms with van der Waals surface area (Å²) in [6.45, 7) is 6.52. The average molecular weight is 450 g/mol. The quantitative estimate of drug-likeness (QED) is 0.471. The molecule has 30 heavy (non-hydrogen) atoms. The topological polar surface area (TPSA) is 84.9 Å². The minimum Gasteiger partial charge on any atom is -0.380 e. The lowest BCUT2D eigenvalue weighted by atomic mass is 9.87. The zero-order valence-corrected chi connectivity index (χ0v) is 19.8. The van der Waals surface area contributed by atoms with Crippen LogP contribution in [0.4, 0.5) is 0 Å². The van der Waals surface area contributed by atoms with Crippen molar-refractivity contribution in [3.63, 3.8) is 0 Å². The third-order valence-electron chi connectivity index (χ3n) is 5.85. The molecule has 1 fully saturated rings. The second-order valence-electron chi connectivity index (χ2n) is 9.04. The fourth-order valence-electron chi connectivity index (χ4n) is 4.24. The van der Waals surface area contributed by atoms with Crippen molar-refractivity contribution in [2.45, 2.75) is 32.1 Å². The summed E-state index contributed by atoms with van der Waals surface area (Å²) < 4.78 is 40.6. The van der Waals surface area contributed by atoms with Gasteiger partial charge in [-0.1, -0.05) is 81.4 Å². The van der Waals surface area contributed by atoms with E-state index in [4.69, 9.17) is 9.47 Å². The van der Waals surface area contributed by atoms with Crippen LogP contribution in [0.5, 0.6) is 0 Å². The number of sulfonamides is 1. The van der Waals surface area contributed by atoms with E-state index in [1.54, 1.807) is 0 Å². The molecule has 1 aliphatic heterocycles. The molecule has 8 heteroatoms. The molecule has 1 unspecified atom stereocenters. The summed E-state index contributed by atoms with van der Waals surface area (Å²) in [4.78, 5) is 0. The fourth-order valence-corrected chi connectivity index (χ4v) is 13.1. The summed E-state index contributed by atoms with van der Waals surface area (Å²) >= 11 is 0. The van der Waals surface area contributed by atoms with E-state index in [0.29, 0.717) is 0 Å². The number of aliphatic hydroxyl groups excluding tert-OH is 1. The van der Waals surface area contributed by atoms with Crippen molar-refractivity contribution in [2.75, 3.05) is 26.1 Å². The summed E-state index contributed by atoms with van der Waals surface area (Å²) in [6.07, 6.45) is -1.21. The van der Waals surface area contributed by atoms with Gasteiger partial charge in [0.2, 0.25) is 18.3 Å². The van der Waals surface area contributed by atoms with Crippen LogP contribution >= 0.6 is 0 Å². The molecule has 3 rings (SSSR count). The maximum atomic E-state index is 13.6. The summed E-state index contributed by atoms with van der Waals surface area (Å²) in [6, 6.07) is 19.6. The number of nitrogens with one attached hydrogen (secondary N) is 1. The average Bonchev–Trinajstić information content (AvgIpc) is 2.69. The van der Waals surface area contributed by atoms with Gasteiger partial charge in [-0.2, -0.15) is 0 Å². The second kappa shape index (κ2) is 8.53. The molecule has 0 saturated carbocycles. The molecule has 2 N–H and O–H groups in total. The van der Waals surface area contributed by atoms with Gasteiger partial charge < -0.3 is 14.6 Å². The highest BCUT2D eigenvalue weighted by molar-refractivity contribution is 7.91. The Morgan fingerprint density at radius 2 is 1.53 bits per heavy atom. The molecule has 0 aromatic heterocycles. The van der Waals surface area contributed by atoms with Crippen LogP contribution in [-0.2, 0) is 19.5 Å². The summed E-state index contributed by atoms with van der Waals surface area (Å²) in [5.74, 6) is -0.264. The van der Waals surface area contributed by atoms with E-state index < -0.39 is 30.0 Å². The van der Waals surface area contributed by atoms with Crippen molar-refractivity contribution in [3.8, 4) is 0 Å². The van der Waals surface area contributed by atoms with Crippen LogP contribution < -0.4 is 14.8 Å². The zero-order chi connectivity index (χ0) is 22.0. The molecule has 0 amide bonds. The maximum Gasteiger partial charge on any atom is 0.210 e. The van der Waals surface area contributed by atoms with E-state index in [1.165, 1.54) is 7.11 Å². The third kappa shape index (κ3) is 4.25. The lowest BCUT2D eigenvalue weighted by Gasteiger charge is -2.46. The van der Waals surface area contributed by atoms with Gasteiger partial charge in [0, 0.05) is 7.11 Å². The molecule has 1 saturated heterocycles. The fraction of sp³-hybridized carbons (Fsp3) is 0.455. The van der Waals surface area contributed by atoms with E-state index in [1.807, 2.05) is 60.7 Å². The lowest BCUT2D eigenvalue weighted by molar-refractivity contribution is -0.240. The molecule has 164 valence electrons. The van der Waals surface area contributed by atoms with E-state index in [2.05, 4.69) is 25.2 Å². The van der Waals surface area contributed by atoms with Crippen LogP contribution in [0.2, 0.25) is 5.04 Å². The molecular formula is C22H31NO5SSi. The highest BCUT2D eigenvalue weighted by Crippen LogP contribution is 2.37. The predicted octanol–water partition coefficient (Wildman–Crippen LogP) is 1.45. The Morgan fingerprint density at radius 1 is 1.07 bits per heavy atom. The van der Waals surface area contributed by atoms with Crippen LogP contribution in [0.1, 0.15) is 20.8 Å². The van der Waals surface area contributed by atoms with Crippen LogP contribution in [0, 0.1) is 5.41 Å². The van der Waals surface area contributed by atoms with E-state index in [9.17, 15) is 13.5 Å². The van der Waals surface area contributed by atoms with Gasteiger partial charge in [0.1, 0.15) is 0 Å². The molecule has 1 aliphatic rings. The van der Waals surface area contributed by atoms with Gasteiger partial charge in [-0.3, -0.25) is 0 Å². The number of hydrogen-bond acceptors (Lipinski definition) is 5. The van der Waals surface area contributed by atoms with Crippen molar-refractivity contribution in [1.29, 1.82) is 0 Å². The molecule has 1 atom stereocenters. The van der Waals surface area contributed by atoms with Gasteiger partial charge >= 0.3 is 0 Å². The Bertz CT molecular complexity index is 901. The molecule has 0 radical (unpaired) electrons. The summed E-state index contributed by atoms with van der Waals surface area (Å²) in [5.41, 5.74) is -0.966. The Hall–Kier alpha value is -1.55. The Morgan fingerprint density at radius 3 is 1.87 bits per heavy atom. The number of ether oxygens (including phenoxy) is 2. The van der Waals surface area contributed by atoms with Gasteiger partial charge in [0.05, 0.1) is 24.4 Å². The molecule has 1 heterocycles. The van der Waals surface area contributed by atoms with Gasteiger partial charge in [-0.05, 0) is 15.4 Å². The van der Waals surface area contributed by atoms with Crippen LogP contribution in [0.25, 0.3) is 0 Å². The zero-order valence-electron chi connectivity index (χ0n) is 18.0. The maximum absolute atomic E-state index is 13.6. The largest absolute Gasteiger partial charge is 0.380 e. The number of methoxy groups -OCH3 is 1. The van der Waals surface area contributed by atoms with Gasteiger partial charge in [-0.25, -0.2) is 12.8 Å². The van der Waals surface area contributed by atoms with Crippen molar-refractivity contribution >= 4 is 28.6 Å². The number of rotatable bonds is 8. The molecule has 0 aliphatic carbocycles. The number of hydrogen-bond donors (Lipinski definition) is 2. The highest BCUT2D eigenvalue weighted by atomic mass is 32.2. The highest BCUT2D eigenvalue weighted by Gasteiger charge is 2.54. The Kier molecular flexibility index (Phi) is 6.57. The SMILES string of the molecule is COC(O)C1(CS(=O)(=O)N[Si](c2ccccc2)(c2ccccc2)C(C)(C)C)COC1. The van der Waals surface area contributed by atoms with Crippen molar-refractivity contribution in [1.82, 2.24) is 4.39 Å². The molecule has 2 aromatic carbocycles. The van der Waals surface area contributed by atoms with E-state index >= 15 is 0 Å². The normalized spacial score (nSPS) is 17.9. The smallest absolute Gasteiger partial charge is 0.210 e. The third-order valence-corrected chi connectivity index (χ3v) is 13.9. The monoisotopic (exact) mass is 449 g/mol. The van der Waals surface area contributed by atoms with Gasteiger partial charge in [0.25, 0.3) is 0 Å². The van der Waals surface area contributed by atoms with Gasteiger partial charge in [0.15, 0.2) is 6.29 Å². The molecule has 0 spiro atoms. The molecule has 0 bridgehead atoms. The van der Waals surface area contributed by atoms with Crippen LogP contribution in [0.15, 0.2) is 60.7 Å². The van der Waals surface area contributed by atoms with Crippen LogP contribution in [-0.4, -0.2) is 54.1 Å². The minimum absolute atomic E-state index is 0.143. The molecule has 6 nitrogen and oxygen atoms in total. The second-order valence-corrected chi connectivity index (χ2v) is 15.5. The molecule has 2 aromatic rings.